The van der Waals surface area contributed by atoms with Crippen LogP contribution in [0.25, 0.3) is 0 Å². The third kappa shape index (κ3) is 2.34. The van der Waals surface area contributed by atoms with Crippen molar-refractivity contribution < 1.29 is 27.1 Å². The number of rotatable bonds is 1. The Morgan fingerprint density at radius 3 is 1.71 bits per heavy atom. The van der Waals surface area contributed by atoms with E-state index in [-0.39, 0.29) is 23.3 Å². The Balaban J connectivity index is 2.11. The van der Waals surface area contributed by atoms with Crippen LogP contribution in [0.1, 0.15) is 37.7 Å². The number of hydrogen-bond donors (Lipinski definition) is 1. The van der Waals surface area contributed by atoms with Crippen molar-refractivity contribution in [2.75, 3.05) is 0 Å². The van der Waals surface area contributed by atoms with Crippen LogP contribution in [-0.2, 0) is 5.60 Å². The molecular weight excluding hydrogens is 311 g/mol. The summed E-state index contributed by atoms with van der Waals surface area (Å²) in [6.45, 7) is 0. The summed E-state index contributed by atoms with van der Waals surface area (Å²) < 4.78 is 67.6. The van der Waals surface area contributed by atoms with Gasteiger partial charge >= 0.3 is 0 Å². The summed E-state index contributed by atoms with van der Waals surface area (Å²) in [4.78, 5) is 0. The molecule has 0 amide bonds. The zero-order chi connectivity index (χ0) is 15.4. The fourth-order valence-corrected chi connectivity index (χ4v) is 5.23. The van der Waals surface area contributed by atoms with Crippen molar-refractivity contribution in [3.63, 3.8) is 0 Å². The zero-order valence-electron chi connectivity index (χ0n) is 10.9. The van der Waals surface area contributed by atoms with Crippen LogP contribution in [0.5, 0.6) is 0 Å². The molecule has 0 radical (unpaired) electrons. The molecule has 0 aliphatic carbocycles. The summed E-state index contributed by atoms with van der Waals surface area (Å²) in [5.74, 6) is -10.0. The van der Waals surface area contributed by atoms with E-state index in [1.165, 1.54) is 0 Å². The van der Waals surface area contributed by atoms with Crippen molar-refractivity contribution in [3.8, 4) is 0 Å². The van der Waals surface area contributed by atoms with E-state index in [1.54, 1.807) is 11.8 Å². The molecule has 1 aromatic rings. The van der Waals surface area contributed by atoms with Gasteiger partial charge in [0.1, 0.15) is 0 Å². The lowest BCUT2D eigenvalue weighted by atomic mass is 9.80. The lowest BCUT2D eigenvalue weighted by molar-refractivity contribution is -0.000134. The van der Waals surface area contributed by atoms with Crippen LogP contribution in [0.4, 0.5) is 22.0 Å². The van der Waals surface area contributed by atoms with Gasteiger partial charge in [0.05, 0.1) is 11.2 Å². The van der Waals surface area contributed by atoms with Gasteiger partial charge in [-0.15, -0.1) is 0 Å². The molecule has 2 heterocycles. The number of thioether (sulfide) groups is 1. The van der Waals surface area contributed by atoms with E-state index in [4.69, 9.17) is 0 Å². The Morgan fingerprint density at radius 2 is 1.24 bits per heavy atom. The molecule has 116 valence electrons. The fraction of sp³-hybridized carbons (Fsp3) is 0.571. The molecule has 1 nitrogen and oxygen atoms in total. The first-order valence-corrected chi connectivity index (χ1v) is 7.67. The van der Waals surface area contributed by atoms with Gasteiger partial charge in [-0.2, -0.15) is 11.8 Å². The highest BCUT2D eigenvalue weighted by Gasteiger charge is 2.47. The third-order valence-electron chi connectivity index (χ3n) is 4.24. The van der Waals surface area contributed by atoms with Crippen molar-refractivity contribution in [2.45, 2.75) is 48.2 Å². The van der Waals surface area contributed by atoms with Gasteiger partial charge in [0, 0.05) is 10.5 Å². The normalized spacial score (nSPS) is 32.3. The highest BCUT2D eigenvalue weighted by Crippen LogP contribution is 2.50. The van der Waals surface area contributed by atoms with Crippen molar-refractivity contribution in [1.82, 2.24) is 0 Å². The average molecular weight is 324 g/mol. The minimum absolute atomic E-state index is 0.00647. The molecule has 7 heteroatoms. The molecule has 21 heavy (non-hydrogen) atoms. The lowest BCUT2D eigenvalue weighted by Crippen LogP contribution is -2.42. The quantitative estimate of drug-likeness (QED) is 0.478. The van der Waals surface area contributed by atoms with Crippen LogP contribution in [0, 0.1) is 29.1 Å². The average Bonchev–Trinajstić information content (AvgIpc) is 2.42. The molecule has 2 saturated heterocycles. The first-order valence-electron chi connectivity index (χ1n) is 6.73. The molecule has 2 aliphatic heterocycles. The molecule has 2 bridgehead atoms. The molecule has 2 fully saturated rings. The van der Waals surface area contributed by atoms with Crippen LogP contribution in [-0.4, -0.2) is 15.6 Å². The van der Waals surface area contributed by atoms with Gasteiger partial charge in [0.15, 0.2) is 23.3 Å². The van der Waals surface area contributed by atoms with Gasteiger partial charge in [-0.1, -0.05) is 6.42 Å². The molecular formula is C14H13F5OS. The predicted molar refractivity (Wildman–Crippen MR) is 68.4 cm³/mol. The SMILES string of the molecule is OC1(c2c(F)c(F)c(F)c(F)c2F)CC2CCCC(C1)S2. The first kappa shape index (κ1) is 15.1. The Kier molecular flexibility index (Phi) is 3.68. The second-order valence-electron chi connectivity index (χ2n) is 5.70. The Bertz CT molecular complexity index is 550. The largest absolute Gasteiger partial charge is 0.385 e. The summed E-state index contributed by atoms with van der Waals surface area (Å²) in [7, 11) is 0. The summed E-state index contributed by atoms with van der Waals surface area (Å²) >= 11 is 1.63. The van der Waals surface area contributed by atoms with Crippen molar-refractivity contribution >= 4 is 11.8 Å². The van der Waals surface area contributed by atoms with Crippen LogP contribution < -0.4 is 0 Å². The van der Waals surface area contributed by atoms with E-state index in [0.717, 1.165) is 19.3 Å². The third-order valence-corrected chi connectivity index (χ3v) is 5.82. The molecule has 0 spiro atoms. The van der Waals surface area contributed by atoms with E-state index >= 15 is 0 Å². The highest BCUT2D eigenvalue weighted by atomic mass is 32.2. The number of halogens is 5. The second kappa shape index (κ2) is 5.12. The number of aliphatic hydroxyl groups is 1. The maximum atomic E-state index is 13.9. The topological polar surface area (TPSA) is 20.2 Å². The summed E-state index contributed by atoms with van der Waals surface area (Å²) in [6, 6.07) is 0. The summed E-state index contributed by atoms with van der Waals surface area (Å²) in [6.07, 6.45) is 2.52. The summed E-state index contributed by atoms with van der Waals surface area (Å²) in [5, 5.41) is 10.6. The maximum Gasteiger partial charge on any atom is 0.200 e. The van der Waals surface area contributed by atoms with Gasteiger partial charge in [0.2, 0.25) is 5.82 Å². The van der Waals surface area contributed by atoms with Crippen LogP contribution in [0.15, 0.2) is 0 Å². The van der Waals surface area contributed by atoms with Gasteiger partial charge in [-0.25, -0.2) is 22.0 Å². The molecule has 1 aromatic carbocycles. The molecule has 2 aliphatic rings. The Labute approximate surface area is 122 Å². The van der Waals surface area contributed by atoms with Gasteiger partial charge < -0.3 is 5.11 Å². The van der Waals surface area contributed by atoms with E-state index in [1.807, 2.05) is 0 Å². The van der Waals surface area contributed by atoms with E-state index < -0.39 is 40.3 Å². The van der Waals surface area contributed by atoms with Crippen molar-refractivity contribution in [1.29, 1.82) is 0 Å². The van der Waals surface area contributed by atoms with Gasteiger partial charge in [-0.3, -0.25) is 0 Å². The minimum Gasteiger partial charge on any atom is -0.385 e. The Hall–Kier alpha value is -0.820. The maximum absolute atomic E-state index is 13.9. The Morgan fingerprint density at radius 1 is 0.810 bits per heavy atom. The van der Waals surface area contributed by atoms with Crippen molar-refractivity contribution in [3.05, 3.63) is 34.6 Å². The monoisotopic (exact) mass is 324 g/mol. The molecule has 2 atom stereocenters. The molecule has 0 aromatic heterocycles. The van der Waals surface area contributed by atoms with Crippen molar-refractivity contribution in [2.24, 2.45) is 0 Å². The number of fused-ring (bicyclic) bond motifs is 2. The van der Waals surface area contributed by atoms with Crippen LogP contribution in [0.3, 0.4) is 0 Å². The molecule has 3 rings (SSSR count). The number of benzene rings is 1. The molecule has 0 saturated carbocycles. The molecule has 1 N–H and O–H groups in total. The van der Waals surface area contributed by atoms with E-state index in [2.05, 4.69) is 0 Å². The zero-order valence-corrected chi connectivity index (χ0v) is 11.8. The first-order chi connectivity index (χ1) is 9.83. The standard InChI is InChI=1S/C14H13F5OS/c15-9-8(10(16)12(18)13(19)11(9)17)14(20)4-6-2-1-3-7(5-14)21-6/h6-7,20H,1-5H2. The fourth-order valence-electron chi connectivity index (χ4n) is 3.34. The lowest BCUT2D eigenvalue weighted by Gasteiger charge is -2.44. The van der Waals surface area contributed by atoms with Crippen LogP contribution >= 0.6 is 11.8 Å². The number of hydrogen-bond acceptors (Lipinski definition) is 2. The second-order valence-corrected chi connectivity index (χ2v) is 7.30. The predicted octanol–water partition coefficient (Wildman–Crippen LogP) is 4.02. The molecule has 2 unspecified atom stereocenters. The minimum atomic E-state index is -2.19. The van der Waals surface area contributed by atoms with E-state index in [0.29, 0.717) is 0 Å². The van der Waals surface area contributed by atoms with Crippen LogP contribution in [0.2, 0.25) is 0 Å². The smallest absolute Gasteiger partial charge is 0.200 e. The summed E-state index contributed by atoms with van der Waals surface area (Å²) in [5.41, 5.74) is -3.07. The highest BCUT2D eigenvalue weighted by molar-refractivity contribution is 8.00. The van der Waals surface area contributed by atoms with Gasteiger partial charge in [-0.05, 0) is 25.7 Å². The van der Waals surface area contributed by atoms with E-state index in [9.17, 15) is 27.1 Å². The van der Waals surface area contributed by atoms with Gasteiger partial charge in [0.25, 0.3) is 0 Å².